The van der Waals surface area contributed by atoms with Crippen molar-refractivity contribution in [3.63, 3.8) is 0 Å². The van der Waals surface area contributed by atoms with Gasteiger partial charge in [0.1, 0.15) is 0 Å². The number of thiocarbonyl (C=S) groups is 1. The second kappa shape index (κ2) is 7.83. The smallest absolute Gasteiger partial charge is 0.200 e. The summed E-state index contributed by atoms with van der Waals surface area (Å²) in [6.45, 7) is 2.02. The first kappa shape index (κ1) is 17.0. The van der Waals surface area contributed by atoms with Crippen molar-refractivity contribution in [2.75, 3.05) is 18.4 Å². The van der Waals surface area contributed by atoms with Crippen LogP contribution in [-0.2, 0) is 6.54 Å². The Hall–Kier alpha value is -1.82. The van der Waals surface area contributed by atoms with Crippen molar-refractivity contribution in [2.24, 2.45) is 4.99 Å². The quantitative estimate of drug-likeness (QED) is 0.786. The van der Waals surface area contributed by atoms with Crippen molar-refractivity contribution in [1.82, 2.24) is 10.2 Å². The van der Waals surface area contributed by atoms with Gasteiger partial charge < -0.3 is 10.6 Å². The van der Waals surface area contributed by atoms with E-state index in [1.807, 2.05) is 53.4 Å². The van der Waals surface area contributed by atoms with Gasteiger partial charge in [0.2, 0.25) is 5.96 Å². The van der Waals surface area contributed by atoms with E-state index >= 15 is 0 Å². The van der Waals surface area contributed by atoms with Crippen molar-refractivity contribution >= 4 is 52.2 Å². The van der Waals surface area contributed by atoms with Gasteiger partial charge in [0, 0.05) is 28.8 Å². The number of benzene rings is 2. The molecule has 0 aliphatic carbocycles. The van der Waals surface area contributed by atoms with Gasteiger partial charge in [-0.25, -0.2) is 0 Å². The zero-order chi connectivity index (χ0) is 16.9. The number of guanidine groups is 1. The zero-order valence-electron chi connectivity index (χ0n) is 12.8. The molecule has 0 aromatic heterocycles. The van der Waals surface area contributed by atoms with E-state index in [9.17, 15) is 0 Å². The topological polar surface area (TPSA) is 39.7 Å². The summed E-state index contributed by atoms with van der Waals surface area (Å²) < 4.78 is 0. The van der Waals surface area contributed by atoms with Crippen LogP contribution in [0.3, 0.4) is 0 Å². The van der Waals surface area contributed by atoms with E-state index in [2.05, 4.69) is 15.6 Å². The first-order valence-electron chi connectivity index (χ1n) is 7.49. The Labute approximate surface area is 156 Å². The van der Waals surface area contributed by atoms with Crippen LogP contribution >= 0.6 is 35.4 Å². The molecule has 124 valence electrons. The molecule has 0 saturated carbocycles. The Morgan fingerprint density at radius 1 is 1.17 bits per heavy atom. The average molecular weight is 379 g/mol. The minimum Gasteiger partial charge on any atom is -0.352 e. The van der Waals surface area contributed by atoms with Crippen LogP contribution in [0.1, 0.15) is 5.56 Å². The van der Waals surface area contributed by atoms with Crippen LogP contribution in [0.4, 0.5) is 5.69 Å². The molecule has 0 fully saturated rings. The lowest BCUT2D eigenvalue weighted by molar-refractivity contribution is 0.644. The molecule has 2 aromatic carbocycles. The van der Waals surface area contributed by atoms with E-state index in [1.54, 1.807) is 0 Å². The molecule has 0 amide bonds. The summed E-state index contributed by atoms with van der Waals surface area (Å²) >= 11 is 17.7. The predicted octanol–water partition coefficient (Wildman–Crippen LogP) is 4.15. The van der Waals surface area contributed by atoms with Crippen LogP contribution in [0.15, 0.2) is 53.5 Å². The van der Waals surface area contributed by atoms with Gasteiger partial charge in [0.05, 0.1) is 6.54 Å². The third-order valence-corrected chi connectivity index (χ3v) is 4.48. The fourth-order valence-electron chi connectivity index (χ4n) is 2.37. The molecule has 2 N–H and O–H groups in total. The van der Waals surface area contributed by atoms with E-state index in [-0.39, 0.29) is 0 Å². The zero-order valence-corrected chi connectivity index (χ0v) is 15.1. The Morgan fingerprint density at radius 2 is 2.00 bits per heavy atom. The second-order valence-electron chi connectivity index (χ2n) is 5.24. The lowest BCUT2D eigenvalue weighted by Crippen LogP contribution is -2.44. The first-order chi connectivity index (χ1) is 11.6. The maximum absolute atomic E-state index is 6.19. The molecule has 0 unspecified atom stereocenters. The van der Waals surface area contributed by atoms with Crippen molar-refractivity contribution in [3.05, 3.63) is 64.1 Å². The molecular formula is C17H16Cl2N4S. The van der Waals surface area contributed by atoms with Gasteiger partial charge >= 0.3 is 0 Å². The number of hydrogen-bond donors (Lipinski definition) is 2. The van der Waals surface area contributed by atoms with E-state index in [0.717, 1.165) is 28.8 Å². The highest BCUT2D eigenvalue weighted by Crippen LogP contribution is 2.17. The molecule has 2 aromatic rings. The molecular weight excluding hydrogens is 363 g/mol. The largest absolute Gasteiger partial charge is 0.352 e. The third kappa shape index (κ3) is 4.17. The molecule has 4 nitrogen and oxygen atoms in total. The van der Waals surface area contributed by atoms with Gasteiger partial charge in [-0.3, -0.25) is 9.89 Å². The molecule has 3 rings (SSSR count). The molecule has 0 radical (unpaired) electrons. The maximum Gasteiger partial charge on any atom is 0.200 e. The molecule has 7 heteroatoms. The monoisotopic (exact) mass is 378 g/mol. The van der Waals surface area contributed by atoms with E-state index in [0.29, 0.717) is 23.2 Å². The highest BCUT2D eigenvalue weighted by Gasteiger charge is 2.21. The average Bonchev–Trinajstić information content (AvgIpc) is 3.03. The number of hydrogen-bond acceptors (Lipinski definition) is 3. The number of rotatable bonds is 3. The number of anilines is 1. The Bertz CT molecular complexity index is 779. The molecule has 1 aliphatic heterocycles. The second-order valence-corrected chi connectivity index (χ2v) is 6.47. The number of nitrogens with zero attached hydrogens (tertiary/aromatic N) is 2. The van der Waals surface area contributed by atoms with Crippen LogP contribution in [0, 0.1) is 0 Å². The van der Waals surface area contributed by atoms with Crippen molar-refractivity contribution < 1.29 is 0 Å². The first-order valence-corrected chi connectivity index (χ1v) is 8.66. The Kier molecular flexibility index (Phi) is 5.56. The van der Waals surface area contributed by atoms with Crippen molar-refractivity contribution in [2.45, 2.75) is 6.54 Å². The van der Waals surface area contributed by atoms with Gasteiger partial charge in [0.15, 0.2) is 5.11 Å². The van der Waals surface area contributed by atoms with Crippen LogP contribution in [0.2, 0.25) is 10.0 Å². The van der Waals surface area contributed by atoms with Crippen LogP contribution < -0.4 is 10.6 Å². The molecule has 0 bridgehead atoms. The van der Waals surface area contributed by atoms with Gasteiger partial charge in [-0.2, -0.15) is 0 Å². The highest BCUT2D eigenvalue weighted by molar-refractivity contribution is 7.80. The fourth-order valence-corrected chi connectivity index (χ4v) is 3.06. The van der Waals surface area contributed by atoms with E-state index in [4.69, 9.17) is 35.4 Å². The van der Waals surface area contributed by atoms with Crippen LogP contribution in [-0.4, -0.2) is 29.1 Å². The van der Waals surface area contributed by atoms with E-state index < -0.39 is 0 Å². The van der Waals surface area contributed by atoms with Gasteiger partial charge in [-0.1, -0.05) is 47.5 Å². The van der Waals surface area contributed by atoms with Gasteiger partial charge in [0.25, 0.3) is 0 Å². The summed E-state index contributed by atoms with van der Waals surface area (Å²) in [5, 5.41) is 8.47. The lowest BCUT2D eigenvalue weighted by atomic mass is 10.2. The van der Waals surface area contributed by atoms with Gasteiger partial charge in [-0.15, -0.1) is 0 Å². The number of nitrogens with one attached hydrogen (secondary N) is 2. The summed E-state index contributed by atoms with van der Waals surface area (Å²) in [5.41, 5.74) is 1.87. The highest BCUT2D eigenvalue weighted by atomic mass is 35.5. The molecule has 1 heterocycles. The third-order valence-electron chi connectivity index (χ3n) is 3.56. The molecule has 0 atom stereocenters. The molecule has 0 saturated heterocycles. The summed E-state index contributed by atoms with van der Waals surface area (Å²) in [5.74, 6) is 0.745. The summed E-state index contributed by atoms with van der Waals surface area (Å²) in [7, 11) is 0. The minimum atomic E-state index is 0.583. The van der Waals surface area contributed by atoms with Crippen LogP contribution in [0.5, 0.6) is 0 Å². The molecule has 24 heavy (non-hydrogen) atoms. The summed E-state index contributed by atoms with van der Waals surface area (Å²) in [4.78, 5) is 6.41. The SMILES string of the molecule is S=C(Nc1cccc(Cl)c1)N1CCN=C1NCc1ccccc1Cl. The number of halogens is 2. The lowest BCUT2D eigenvalue weighted by Gasteiger charge is -2.23. The Balaban J connectivity index is 1.62. The maximum atomic E-state index is 6.19. The number of aliphatic imine (C=N–C) groups is 1. The van der Waals surface area contributed by atoms with Crippen molar-refractivity contribution in [1.29, 1.82) is 0 Å². The normalized spacial score (nSPS) is 13.6. The summed E-state index contributed by atoms with van der Waals surface area (Å²) in [6.07, 6.45) is 0. The predicted molar refractivity (Wildman–Crippen MR) is 105 cm³/mol. The van der Waals surface area contributed by atoms with Crippen LogP contribution in [0.25, 0.3) is 0 Å². The standard InChI is InChI=1S/C17H16Cl2N4S/c18-13-5-3-6-14(10-13)22-17(24)23-9-8-20-16(23)21-11-12-4-1-2-7-15(12)19/h1-7,10H,8-9,11H2,(H,20,21)(H,22,24). The van der Waals surface area contributed by atoms with E-state index in [1.165, 1.54) is 0 Å². The van der Waals surface area contributed by atoms with Crippen molar-refractivity contribution in [3.8, 4) is 0 Å². The minimum absolute atomic E-state index is 0.583. The van der Waals surface area contributed by atoms with Gasteiger partial charge in [-0.05, 0) is 42.0 Å². The Morgan fingerprint density at radius 3 is 2.79 bits per heavy atom. The summed E-state index contributed by atoms with van der Waals surface area (Å²) in [6, 6.07) is 15.2. The fraction of sp³-hybridized carbons (Fsp3) is 0.176. The molecule has 0 spiro atoms. The molecule has 1 aliphatic rings.